The average molecular weight is 186 g/mol. The normalized spacial score (nSPS) is 9.43. The first-order chi connectivity index (χ1) is 6.92. The molecule has 0 aliphatic heterocycles. The number of hydrogen-bond donors (Lipinski definition) is 0. The Morgan fingerprint density at radius 2 is 2.29 bits per heavy atom. The van der Waals surface area contributed by atoms with Gasteiger partial charge in [0.25, 0.3) is 0 Å². The minimum absolute atomic E-state index is 0.457. The summed E-state index contributed by atoms with van der Waals surface area (Å²) in [5, 5.41) is 7.52. The van der Waals surface area contributed by atoms with Crippen LogP contribution in [0.25, 0.3) is 16.3 Å². The maximum atomic E-state index is 8.34. The van der Waals surface area contributed by atoms with E-state index < -0.39 is 0 Å². The number of nitrogens with zero attached hydrogens (tertiary/aromatic N) is 6. The lowest BCUT2D eigenvalue weighted by Gasteiger charge is -2.01. The standard InChI is InChI=1S/C8H6N6/c9-13-12-7-3-1-4-10-8(7)14-6-2-5-11-14/h1-6H. The van der Waals surface area contributed by atoms with Gasteiger partial charge in [-0.1, -0.05) is 5.11 Å². The maximum Gasteiger partial charge on any atom is 0.162 e. The maximum absolute atomic E-state index is 8.34. The van der Waals surface area contributed by atoms with Crippen molar-refractivity contribution in [3.05, 3.63) is 47.2 Å². The largest absolute Gasteiger partial charge is 0.237 e. The highest BCUT2D eigenvalue weighted by Crippen LogP contribution is 2.19. The van der Waals surface area contributed by atoms with Gasteiger partial charge in [-0.25, -0.2) is 9.67 Å². The topological polar surface area (TPSA) is 79.5 Å². The Labute approximate surface area is 79.4 Å². The number of aromatic nitrogens is 3. The molecule has 2 rings (SSSR count). The Hall–Kier alpha value is -2.33. The second-order valence-corrected chi connectivity index (χ2v) is 2.49. The van der Waals surface area contributed by atoms with E-state index in [0.717, 1.165) is 0 Å². The van der Waals surface area contributed by atoms with Crippen molar-refractivity contribution in [1.29, 1.82) is 0 Å². The monoisotopic (exact) mass is 186 g/mol. The van der Waals surface area contributed by atoms with E-state index in [-0.39, 0.29) is 0 Å². The Balaban J connectivity index is 2.57. The zero-order valence-electron chi connectivity index (χ0n) is 7.15. The van der Waals surface area contributed by atoms with Crippen LogP contribution in [0.5, 0.6) is 0 Å². The molecule has 0 amide bonds. The SMILES string of the molecule is [N-]=[N+]=Nc1cccnc1-n1cccn1. The predicted molar refractivity (Wildman–Crippen MR) is 50.2 cm³/mol. The predicted octanol–water partition coefficient (Wildman–Crippen LogP) is 2.21. The van der Waals surface area contributed by atoms with Crippen molar-refractivity contribution in [3.8, 4) is 5.82 Å². The molecule has 6 heteroatoms. The summed E-state index contributed by atoms with van der Waals surface area (Å²) in [6.45, 7) is 0. The Morgan fingerprint density at radius 1 is 1.36 bits per heavy atom. The molecule has 0 atom stereocenters. The van der Waals surface area contributed by atoms with Crippen LogP contribution in [0.3, 0.4) is 0 Å². The minimum Gasteiger partial charge on any atom is -0.237 e. The van der Waals surface area contributed by atoms with Crippen molar-refractivity contribution in [2.45, 2.75) is 0 Å². The molecule has 0 fully saturated rings. The summed E-state index contributed by atoms with van der Waals surface area (Å²) in [5.74, 6) is 0.523. The molecule has 2 aromatic heterocycles. The van der Waals surface area contributed by atoms with Gasteiger partial charge in [0.2, 0.25) is 0 Å². The quantitative estimate of drug-likeness (QED) is 0.409. The summed E-state index contributed by atoms with van der Waals surface area (Å²) >= 11 is 0. The zero-order valence-corrected chi connectivity index (χ0v) is 7.15. The van der Waals surface area contributed by atoms with Crippen LogP contribution in [-0.4, -0.2) is 14.8 Å². The van der Waals surface area contributed by atoms with Gasteiger partial charge in [0.05, 0.1) is 5.69 Å². The summed E-state index contributed by atoms with van der Waals surface area (Å²) in [6.07, 6.45) is 4.99. The van der Waals surface area contributed by atoms with Gasteiger partial charge >= 0.3 is 0 Å². The molecule has 0 aliphatic rings. The third-order valence-electron chi connectivity index (χ3n) is 1.64. The molecule has 0 bridgehead atoms. The molecular weight excluding hydrogens is 180 g/mol. The van der Waals surface area contributed by atoms with Gasteiger partial charge < -0.3 is 0 Å². The number of azide groups is 1. The van der Waals surface area contributed by atoms with E-state index in [0.29, 0.717) is 11.5 Å². The van der Waals surface area contributed by atoms with Gasteiger partial charge in [-0.2, -0.15) is 5.10 Å². The summed E-state index contributed by atoms with van der Waals surface area (Å²) in [4.78, 5) is 6.80. The highest BCUT2D eigenvalue weighted by Gasteiger charge is 2.02. The number of pyridine rings is 1. The van der Waals surface area contributed by atoms with Crippen molar-refractivity contribution in [1.82, 2.24) is 14.8 Å². The van der Waals surface area contributed by atoms with Crippen molar-refractivity contribution in [2.24, 2.45) is 5.11 Å². The minimum atomic E-state index is 0.457. The van der Waals surface area contributed by atoms with Crippen molar-refractivity contribution in [3.63, 3.8) is 0 Å². The molecule has 0 N–H and O–H groups in total. The highest BCUT2D eigenvalue weighted by molar-refractivity contribution is 5.50. The van der Waals surface area contributed by atoms with E-state index in [1.807, 2.05) is 0 Å². The fourth-order valence-corrected chi connectivity index (χ4v) is 1.09. The summed E-state index contributed by atoms with van der Waals surface area (Å²) < 4.78 is 1.55. The average Bonchev–Trinajstić information content (AvgIpc) is 2.72. The second kappa shape index (κ2) is 3.59. The van der Waals surface area contributed by atoms with Gasteiger partial charge in [-0.15, -0.1) is 0 Å². The number of hydrogen-bond acceptors (Lipinski definition) is 3. The number of rotatable bonds is 2. The molecule has 6 nitrogen and oxygen atoms in total. The molecule has 0 saturated carbocycles. The lowest BCUT2D eigenvalue weighted by molar-refractivity contribution is 0.847. The fourth-order valence-electron chi connectivity index (χ4n) is 1.09. The summed E-state index contributed by atoms with van der Waals surface area (Å²) in [5.41, 5.74) is 8.80. The Bertz CT molecular complexity index is 468. The molecule has 0 aliphatic carbocycles. The third kappa shape index (κ3) is 1.41. The molecule has 2 aromatic rings. The van der Waals surface area contributed by atoms with Gasteiger partial charge in [-0.3, -0.25) is 0 Å². The van der Waals surface area contributed by atoms with Crippen molar-refractivity contribution < 1.29 is 0 Å². The summed E-state index contributed by atoms with van der Waals surface area (Å²) in [7, 11) is 0. The smallest absolute Gasteiger partial charge is 0.162 e. The van der Waals surface area contributed by atoms with E-state index in [2.05, 4.69) is 20.1 Å². The molecular formula is C8H6N6. The first-order valence-corrected chi connectivity index (χ1v) is 3.92. The second-order valence-electron chi connectivity index (χ2n) is 2.49. The van der Waals surface area contributed by atoms with Crippen LogP contribution in [0.15, 0.2) is 41.9 Å². The van der Waals surface area contributed by atoms with E-state index in [1.165, 1.54) is 0 Å². The molecule has 2 heterocycles. The zero-order chi connectivity index (χ0) is 9.80. The van der Waals surface area contributed by atoms with Crippen LogP contribution < -0.4 is 0 Å². The van der Waals surface area contributed by atoms with Gasteiger partial charge in [0.15, 0.2) is 5.82 Å². The van der Waals surface area contributed by atoms with Crippen LogP contribution in [0.2, 0.25) is 0 Å². The molecule has 68 valence electrons. The molecule has 14 heavy (non-hydrogen) atoms. The van der Waals surface area contributed by atoms with Crippen LogP contribution >= 0.6 is 0 Å². The van der Waals surface area contributed by atoms with Crippen LogP contribution in [0.1, 0.15) is 0 Å². The Kier molecular flexibility index (Phi) is 2.12. The lowest BCUT2D eigenvalue weighted by Crippen LogP contribution is -1.97. The van der Waals surface area contributed by atoms with Crippen LogP contribution in [0, 0.1) is 0 Å². The molecule has 0 saturated heterocycles. The first kappa shape index (κ1) is 8.28. The Morgan fingerprint density at radius 3 is 3.00 bits per heavy atom. The van der Waals surface area contributed by atoms with Crippen LogP contribution in [0.4, 0.5) is 5.69 Å². The van der Waals surface area contributed by atoms with E-state index in [1.54, 1.807) is 41.5 Å². The van der Waals surface area contributed by atoms with Crippen molar-refractivity contribution in [2.75, 3.05) is 0 Å². The van der Waals surface area contributed by atoms with Crippen molar-refractivity contribution >= 4 is 5.69 Å². The van der Waals surface area contributed by atoms with E-state index in [9.17, 15) is 0 Å². The van der Waals surface area contributed by atoms with Gasteiger partial charge in [0.1, 0.15) is 0 Å². The molecule has 0 spiro atoms. The highest BCUT2D eigenvalue weighted by atomic mass is 15.3. The van der Waals surface area contributed by atoms with E-state index >= 15 is 0 Å². The molecule has 0 unspecified atom stereocenters. The fraction of sp³-hybridized carbons (Fsp3) is 0. The lowest BCUT2D eigenvalue weighted by atomic mass is 10.4. The van der Waals surface area contributed by atoms with Gasteiger partial charge in [0, 0.05) is 23.5 Å². The third-order valence-corrected chi connectivity index (χ3v) is 1.64. The first-order valence-electron chi connectivity index (χ1n) is 3.92. The van der Waals surface area contributed by atoms with Gasteiger partial charge in [-0.05, 0) is 23.7 Å². The molecule has 0 aromatic carbocycles. The van der Waals surface area contributed by atoms with E-state index in [4.69, 9.17) is 5.53 Å². The summed E-state index contributed by atoms with van der Waals surface area (Å²) in [6, 6.07) is 5.16. The molecule has 0 radical (unpaired) electrons. The van der Waals surface area contributed by atoms with Crippen LogP contribution in [-0.2, 0) is 0 Å².